The highest BCUT2D eigenvalue weighted by Gasteiger charge is 2.70. The van der Waals surface area contributed by atoms with E-state index in [4.69, 9.17) is 14.0 Å². The molecule has 2 rings (SSSR count). The van der Waals surface area contributed by atoms with Crippen LogP contribution in [0.4, 0.5) is 0 Å². The van der Waals surface area contributed by atoms with Crippen LogP contribution in [-0.2, 0) is 14.0 Å². The molecule has 2 unspecified atom stereocenters. The summed E-state index contributed by atoms with van der Waals surface area (Å²) in [6.07, 6.45) is 0.930. The Morgan fingerprint density at radius 2 is 1.65 bits per heavy atom. The maximum absolute atomic E-state index is 9.95. The Hall–Kier alpha value is -0.0301. The van der Waals surface area contributed by atoms with Gasteiger partial charge in [0.2, 0.25) is 0 Å². The minimum Gasteiger partial charge on any atom is -0.435 e. The van der Waals surface area contributed by atoms with Crippen LogP contribution in [0.3, 0.4) is 0 Å². The molecule has 0 aromatic rings. The molecular weight excluding hydrogens is 218 g/mol. The number of fused-ring (bicyclic) bond motifs is 1. The number of hydrogen-bond acceptors (Lipinski definition) is 4. The number of rotatable bonds is 4. The van der Waals surface area contributed by atoms with E-state index in [1.165, 1.54) is 0 Å². The van der Waals surface area contributed by atoms with Crippen LogP contribution < -0.4 is 0 Å². The van der Waals surface area contributed by atoms with E-state index in [-0.39, 0.29) is 11.2 Å². The van der Waals surface area contributed by atoms with E-state index in [1.54, 1.807) is 21.2 Å². The molecule has 2 atom stereocenters. The van der Waals surface area contributed by atoms with E-state index in [2.05, 4.69) is 0 Å². The van der Waals surface area contributed by atoms with Crippen molar-refractivity contribution in [3.63, 3.8) is 0 Å². The minimum atomic E-state index is -0.932. The van der Waals surface area contributed by atoms with Crippen LogP contribution in [0.5, 0.6) is 0 Å². The second-order valence-corrected chi connectivity index (χ2v) is 6.57. The monoisotopic (exact) mass is 239 g/mol. The molecule has 6 heteroatoms. The minimum absolute atomic E-state index is 0.170. The van der Waals surface area contributed by atoms with Gasteiger partial charge < -0.3 is 19.1 Å². The topological polar surface area (TPSA) is 47.9 Å². The second kappa shape index (κ2) is 3.50. The van der Waals surface area contributed by atoms with Crippen molar-refractivity contribution in [3.8, 4) is 0 Å². The first-order valence-corrected chi connectivity index (χ1v) is 6.08. The van der Waals surface area contributed by atoms with Crippen molar-refractivity contribution in [2.75, 3.05) is 0 Å². The average molecular weight is 239 g/mol. The van der Waals surface area contributed by atoms with Gasteiger partial charge in [0.1, 0.15) is 0 Å². The Labute approximate surface area is 104 Å². The summed E-state index contributed by atoms with van der Waals surface area (Å²) in [7, 11) is 1.10. The van der Waals surface area contributed by atoms with Crippen molar-refractivity contribution in [2.24, 2.45) is 0 Å². The van der Waals surface area contributed by atoms with Crippen molar-refractivity contribution < 1.29 is 19.1 Å². The van der Waals surface area contributed by atoms with Crippen molar-refractivity contribution in [1.82, 2.24) is 0 Å². The lowest BCUT2D eigenvalue weighted by atomic mass is 9.55. The smallest absolute Gasteiger partial charge is 0.435 e. The Kier molecular flexibility index (Phi) is 2.76. The predicted molar refractivity (Wildman–Crippen MR) is 66.6 cm³/mol. The fourth-order valence-corrected chi connectivity index (χ4v) is 1.89. The van der Waals surface area contributed by atoms with Crippen LogP contribution in [0, 0.1) is 0 Å². The van der Waals surface area contributed by atoms with Gasteiger partial charge in [-0.15, -0.1) is 0 Å². The summed E-state index contributed by atoms with van der Waals surface area (Å²) in [4.78, 5) is 0. The Balaban J connectivity index is 1.85. The standard InChI is InChI=1S/C11H21B2O4/c1-8(2,14)9(3,4)15-12-13-16-10(5)7-11(10,6)17-13/h14H,7H2,1-6H3. The molecule has 2 fully saturated rings. The van der Waals surface area contributed by atoms with E-state index in [0.29, 0.717) is 0 Å². The molecular formula is C11H21B2O4. The summed E-state index contributed by atoms with van der Waals surface area (Å²) in [5.74, 6) is 0. The third kappa shape index (κ3) is 2.16. The molecule has 1 saturated carbocycles. The maximum Gasteiger partial charge on any atom is 0.439 e. The molecule has 0 aromatic heterocycles. The molecule has 1 aliphatic heterocycles. The van der Waals surface area contributed by atoms with E-state index < -0.39 is 18.2 Å². The summed E-state index contributed by atoms with van der Waals surface area (Å²) < 4.78 is 17.1. The van der Waals surface area contributed by atoms with E-state index in [1.807, 2.05) is 27.7 Å². The zero-order chi connectivity index (χ0) is 13.1. The SMILES string of the molecule is CC(C)(O)C(C)(C)O[B]B1OC2(C)CC2(C)O1. The molecule has 2 aliphatic rings. The molecule has 1 aliphatic carbocycles. The quantitative estimate of drug-likeness (QED) is 0.746. The van der Waals surface area contributed by atoms with Crippen LogP contribution in [0.2, 0.25) is 0 Å². The van der Waals surface area contributed by atoms with Gasteiger partial charge in [-0.05, 0) is 41.5 Å². The number of hydrogen-bond donors (Lipinski definition) is 1. The van der Waals surface area contributed by atoms with Gasteiger partial charge in [0, 0.05) is 6.42 Å². The third-order valence-corrected chi connectivity index (χ3v) is 4.37. The van der Waals surface area contributed by atoms with Gasteiger partial charge in [0.15, 0.2) is 0 Å². The largest absolute Gasteiger partial charge is 0.439 e. The molecule has 1 saturated heterocycles. The van der Waals surface area contributed by atoms with Crippen LogP contribution in [0.25, 0.3) is 0 Å². The zero-order valence-electron chi connectivity index (χ0n) is 11.5. The predicted octanol–water partition coefficient (Wildman–Crippen LogP) is 1.12. The van der Waals surface area contributed by atoms with Crippen LogP contribution in [0.1, 0.15) is 48.0 Å². The molecule has 0 amide bonds. The van der Waals surface area contributed by atoms with Crippen molar-refractivity contribution in [1.29, 1.82) is 0 Å². The highest BCUT2D eigenvalue weighted by atomic mass is 16.7. The van der Waals surface area contributed by atoms with Crippen LogP contribution in [0.15, 0.2) is 0 Å². The first kappa shape index (κ1) is 13.4. The zero-order valence-corrected chi connectivity index (χ0v) is 11.5. The molecule has 0 spiro atoms. The van der Waals surface area contributed by atoms with Gasteiger partial charge in [-0.25, -0.2) is 0 Å². The Morgan fingerprint density at radius 3 is 2.06 bits per heavy atom. The van der Waals surface area contributed by atoms with Crippen molar-refractivity contribution >= 4 is 14.4 Å². The van der Waals surface area contributed by atoms with Crippen molar-refractivity contribution in [3.05, 3.63) is 0 Å². The molecule has 1 heterocycles. The summed E-state index contributed by atoms with van der Waals surface area (Å²) in [5, 5.41) is 9.95. The first-order chi connectivity index (χ1) is 7.49. The van der Waals surface area contributed by atoms with E-state index in [0.717, 1.165) is 6.42 Å². The molecule has 0 bridgehead atoms. The average Bonchev–Trinajstić information content (AvgIpc) is 2.52. The van der Waals surface area contributed by atoms with Gasteiger partial charge in [-0.1, -0.05) is 0 Å². The lowest BCUT2D eigenvalue weighted by Crippen LogP contribution is -2.50. The highest BCUT2D eigenvalue weighted by molar-refractivity contribution is 7.03. The molecule has 95 valence electrons. The molecule has 1 radical (unpaired) electrons. The van der Waals surface area contributed by atoms with E-state index in [9.17, 15) is 5.11 Å². The lowest BCUT2D eigenvalue weighted by Gasteiger charge is -2.37. The third-order valence-electron chi connectivity index (χ3n) is 4.37. The first-order valence-electron chi connectivity index (χ1n) is 6.08. The number of aliphatic hydroxyl groups is 1. The summed E-state index contributed by atoms with van der Waals surface area (Å²) in [6.45, 7) is 11.2. The van der Waals surface area contributed by atoms with Gasteiger partial charge >= 0.3 is 14.4 Å². The molecule has 17 heavy (non-hydrogen) atoms. The van der Waals surface area contributed by atoms with Crippen LogP contribution >= 0.6 is 0 Å². The summed E-state index contributed by atoms with van der Waals surface area (Å²) in [6, 6.07) is 0. The maximum atomic E-state index is 9.95. The lowest BCUT2D eigenvalue weighted by molar-refractivity contribution is -0.0895. The van der Waals surface area contributed by atoms with Gasteiger partial charge in [-0.2, -0.15) is 0 Å². The highest BCUT2D eigenvalue weighted by Crippen LogP contribution is 2.58. The Morgan fingerprint density at radius 1 is 1.18 bits per heavy atom. The molecule has 4 nitrogen and oxygen atoms in total. The van der Waals surface area contributed by atoms with Crippen molar-refractivity contribution in [2.45, 2.75) is 70.4 Å². The molecule has 0 aromatic carbocycles. The Bertz CT molecular complexity index is 312. The molecule has 1 N–H and O–H groups in total. The van der Waals surface area contributed by atoms with Gasteiger partial charge in [-0.3, -0.25) is 0 Å². The fraction of sp³-hybridized carbons (Fsp3) is 1.00. The van der Waals surface area contributed by atoms with Gasteiger partial charge in [0.25, 0.3) is 0 Å². The summed E-state index contributed by atoms with van der Waals surface area (Å²) in [5.41, 5.74) is -1.96. The summed E-state index contributed by atoms with van der Waals surface area (Å²) >= 11 is 0. The van der Waals surface area contributed by atoms with Crippen LogP contribution in [-0.4, -0.2) is 41.9 Å². The second-order valence-electron chi connectivity index (χ2n) is 6.57. The normalized spacial score (nSPS) is 37.0. The van der Waals surface area contributed by atoms with E-state index >= 15 is 0 Å². The van der Waals surface area contributed by atoms with Gasteiger partial charge in [0.05, 0.1) is 22.4 Å². The fourth-order valence-electron chi connectivity index (χ4n) is 1.89.